The highest BCUT2D eigenvalue weighted by molar-refractivity contribution is 7.20. The summed E-state index contributed by atoms with van der Waals surface area (Å²) in [6.07, 6.45) is 4.44. The maximum atomic E-state index is 11.5. The summed E-state index contributed by atoms with van der Waals surface area (Å²) in [5, 5.41) is 4.80. The van der Waals surface area contributed by atoms with E-state index in [1.165, 1.54) is 12.8 Å². The molecular weight excluding hydrogens is 422 g/mol. The normalized spacial score (nSPS) is 23.1. The van der Waals surface area contributed by atoms with Crippen LogP contribution in [0.25, 0.3) is 21.2 Å². The summed E-state index contributed by atoms with van der Waals surface area (Å²) in [5.41, 5.74) is 1.83. The Labute approximate surface area is 190 Å². The van der Waals surface area contributed by atoms with Gasteiger partial charge < -0.3 is 14.5 Å². The number of rotatable bonds is 5. The Morgan fingerprint density at radius 2 is 2.00 bits per heavy atom. The van der Waals surface area contributed by atoms with Gasteiger partial charge in [0.15, 0.2) is 0 Å². The van der Waals surface area contributed by atoms with Crippen LogP contribution in [0, 0.1) is 0 Å². The van der Waals surface area contributed by atoms with Gasteiger partial charge in [0.25, 0.3) is 5.19 Å². The van der Waals surface area contributed by atoms with Gasteiger partial charge in [0, 0.05) is 30.4 Å². The SMILES string of the molecule is CC(=O)NC1CC2CCC(C1)N2Cc1cc2cc(Oc3nc4ccccc4s3)ccc2o1. The highest BCUT2D eigenvalue weighted by Gasteiger charge is 2.41. The van der Waals surface area contributed by atoms with Crippen molar-refractivity contribution >= 4 is 38.4 Å². The number of ether oxygens (including phenoxy) is 1. The number of hydrogen-bond acceptors (Lipinski definition) is 6. The molecule has 2 bridgehead atoms. The minimum absolute atomic E-state index is 0.0732. The second kappa shape index (κ2) is 7.90. The van der Waals surface area contributed by atoms with E-state index in [0.29, 0.717) is 23.3 Å². The zero-order valence-electron chi connectivity index (χ0n) is 17.9. The first-order valence-electron chi connectivity index (χ1n) is 11.2. The lowest BCUT2D eigenvalue weighted by molar-refractivity contribution is -0.120. The molecule has 2 unspecified atom stereocenters. The Morgan fingerprint density at radius 3 is 2.78 bits per heavy atom. The summed E-state index contributed by atoms with van der Waals surface area (Å²) >= 11 is 1.55. The molecule has 4 aromatic rings. The first-order valence-corrected chi connectivity index (χ1v) is 12.0. The molecule has 32 heavy (non-hydrogen) atoms. The molecule has 0 radical (unpaired) electrons. The number of carbonyl (C=O) groups excluding carboxylic acids is 1. The van der Waals surface area contributed by atoms with E-state index in [9.17, 15) is 4.79 Å². The topological polar surface area (TPSA) is 67.6 Å². The van der Waals surface area contributed by atoms with E-state index >= 15 is 0 Å². The number of fused-ring (bicyclic) bond motifs is 4. The van der Waals surface area contributed by atoms with Crippen molar-refractivity contribution in [2.45, 2.75) is 57.3 Å². The van der Waals surface area contributed by atoms with Crippen LogP contribution in [0.1, 0.15) is 38.4 Å². The molecule has 2 aliphatic rings. The number of benzene rings is 2. The summed E-state index contributed by atoms with van der Waals surface area (Å²) in [6.45, 7) is 2.42. The average molecular weight is 448 g/mol. The minimum Gasteiger partial charge on any atom is -0.460 e. The first kappa shape index (κ1) is 19.8. The molecule has 4 heterocycles. The van der Waals surface area contributed by atoms with Crippen molar-refractivity contribution < 1.29 is 13.9 Å². The lowest BCUT2D eigenvalue weighted by Gasteiger charge is -2.38. The largest absolute Gasteiger partial charge is 0.460 e. The maximum absolute atomic E-state index is 11.5. The van der Waals surface area contributed by atoms with Crippen LogP contribution in [-0.4, -0.2) is 33.9 Å². The predicted molar refractivity (Wildman–Crippen MR) is 125 cm³/mol. The van der Waals surface area contributed by atoms with Gasteiger partial charge in [-0.25, -0.2) is 4.98 Å². The van der Waals surface area contributed by atoms with Crippen molar-refractivity contribution in [2.75, 3.05) is 0 Å². The van der Waals surface area contributed by atoms with Crippen LogP contribution in [0.5, 0.6) is 10.9 Å². The molecule has 2 aromatic heterocycles. The molecular formula is C25H25N3O3S. The Balaban J connectivity index is 1.17. The van der Waals surface area contributed by atoms with Gasteiger partial charge in [0.1, 0.15) is 17.1 Å². The molecule has 2 fully saturated rings. The van der Waals surface area contributed by atoms with E-state index in [2.05, 4.69) is 27.3 Å². The summed E-state index contributed by atoms with van der Waals surface area (Å²) in [5.74, 6) is 1.82. The van der Waals surface area contributed by atoms with Gasteiger partial charge in [-0.05, 0) is 62.1 Å². The van der Waals surface area contributed by atoms with Gasteiger partial charge in [-0.3, -0.25) is 9.69 Å². The van der Waals surface area contributed by atoms with Crippen molar-refractivity contribution in [3.05, 3.63) is 54.3 Å². The van der Waals surface area contributed by atoms with Crippen molar-refractivity contribution in [3.63, 3.8) is 0 Å². The zero-order chi connectivity index (χ0) is 21.7. The Kier molecular flexibility index (Phi) is 4.88. The quantitative estimate of drug-likeness (QED) is 0.440. The Bertz CT molecular complexity index is 1250. The number of carbonyl (C=O) groups is 1. The number of piperidine rings is 1. The van der Waals surface area contributed by atoms with Gasteiger partial charge in [0.2, 0.25) is 5.91 Å². The average Bonchev–Trinajstić information content (AvgIpc) is 3.41. The first-order chi connectivity index (χ1) is 15.6. The minimum atomic E-state index is 0.0732. The fourth-order valence-corrected chi connectivity index (χ4v) is 6.17. The third-order valence-electron chi connectivity index (χ3n) is 6.65. The van der Waals surface area contributed by atoms with Crippen molar-refractivity contribution in [2.24, 2.45) is 0 Å². The fraction of sp³-hybridized carbons (Fsp3) is 0.360. The van der Waals surface area contributed by atoms with Crippen LogP contribution in [0.3, 0.4) is 0 Å². The molecule has 2 aromatic carbocycles. The summed E-state index contributed by atoms with van der Waals surface area (Å²) in [6, 6.07) is 17.4. The standard InChI is InChI=1S/C25H25N3O3S/c1-15(29)26-17-12-18-6-7-19(13-17)28(18)14-21-11-16-10-20(8-9-23(16)30-21)31-25-27-22-4-2-3-5-24(22)32-25/h2-5,8-11,17-19H,6-7,12-14H2,1H3,(H,26,29). The molecule has 7 heteroatoms. The molecule has 0 saturated carbocycles. The van der Waals surface area contributed by atoms with Crippen LogP contribution in [-0.2, 0) is 11.3 Å². The number of para-hydroxylation sites is 1. The van der Waals surface area contributed by atoms with E-state index in [1.807, 2.05) is 36.4 Å². The number of amides is 1. The number of hydrogen-bond donors (Lipinski definition) is 1. The third kappa shape index (κ3) is 3.76. The van der Waals surface area contributed by atoms with E-state index in [-0.39, 0.29) is 5.91 Å². The molecule has 2 aliphatic heterocycles. The molecule has 2 saturated heterocycles. The molecule has 6 nitrogen and oxygen atoms in total. The zero-order valence-corrected chi connectivity index (χ0v) is 18.7. The second-order valence-electron chi connectivity index (χ2n) is 8.89. The van der Waals surface area contributed by atoms with Crippen LogP contribution in [0.2, 0.25) is 0 Å². The molecule has 2 atom stereocenters. The molecule has 1 N–H and O–H groups in total. The number of thiazole rings is 1. The molecule has 6 rings (SSSR count). The molecule has 0 aliphatic carbocycles. The Hall–Kier alpha value is -2.90. The van der Waals surface area contributed by atoms with Crippen LogP contribution in [0.4, 0.5) is 0 Å². The van der Waals surface area contributed by atoms with E-state index < -0.39 is 0 Å². The lowest BCUT2D eigenvalue weighted by atomic mass is 9.97. The van der Waals surface area contributed by atoms with Gasteiger partial charge >= 0.3 is 0 Å². The van der Waals surface area contributed by atoms with Gasteiger partial charge in [-0.2, -0.15) is 0 Å². The highest BCUT2D eigenvalue weighted by Crippen LogP contribution is 2.38. The molecule has 0 spiro atoms. The van der Waals surface area contributed by atoms with Crippen molar-refractivity contribution in [1.82, 2.24) is 15.2 Å². The fourth-order valence-electron chi connectivity index (χ4n) is 5.33. The second-order valence-corrected chi connectivity index (χ2v) is 9.88. The predicted octanol–water partition coefficient (Wildman–Crippen LogP) is 5.47. The van der Waals surface area contributed by atoms with Crippen LogP contribution in [0.15, 0.2) is 52.9 Å². The van der Waals surface area contributed by atoms with Crippen molar-refractivity contribution in [1.29, 1.82) is 0 Å². The van der Waals surface area contributed by atoms with Gasteiger partial charge in [-0.15, -0.1) is 0 Å². The summed E-state index contributed by atoms with van der Waals surface area (Å²) < 4.78 is 13.3. The highest BCUT2D eigenvalue weighted by atomic mass is 32.1. The number of nitrogens with zero attached hydrogens (tertiary/aromatic N) is 2. The summed E-state index contributed by atoms with van der Waals surface area (Å²) in [7, 11) is 0. The lowest BCUT2D eigenvalue weighted by Crippen LogP contribution is -2.49. The van der Waals surface area contributed by atoms with E-state index in [4.69, 9.17) is 9.15 Å². The smallest absolute Gasteiger partial charge is 0.279 e. The van der Waals surface area contributed by atoms with E-state index in [1.54, 1.807) is 18.3 Å². The van der Waals surface area contributed by atoms with Gasteiger partial charge in [0.05, 0.1) is 16.8 Å². The van der Waals surface area contributed by atoms with Gasteiger partial charge in [-0.1, -0.05) is 23.5 Å². The molecule has 164 valence electrons. The Morgan fingerprint density at radius 1 is 1.19 bits per heavy atom. The number of nitrogens with one attached hydrogen (secondary N) is 1. The number of furan rings is 1. The van der Waals surface area contributed by atoms with Crippen LogP contribution < -0.4 is 10.1 Å². The monoisotopic (exact) mass is 447 g/mol. The van der Waals surface area contributed by atoms with Crippen molar-refractivity contribution in [3.8, 4) is 10.9 Å². The maximum Gasteiger partial charge on any atom is 0.279 e. The third-order valence-corrected chi connectivity index (χ3v) is 7.56. The van der Waals surface area contributed by atoms with Crippen LogP contribution >= 0.6 is 11.3 Å². The molecule has 1 amide bonds. The summed E-state index contributed by atoms with van der Waals surface area (Å²) in [4.78, 5) is 18.6. The number of aromatic nitrogens is 1. The van der Waals surface area contributed by atoms with E-state index in [0.717, 1.165) is 52.1 Å².